The van der Waals surface area contributed by atoms with Crippen LogP contribution in [0.25, 0.3) is 0 Å². The zero-order chi connectivity index (χ0) is 12.9. The number of carbonyl (C=O) groups is 1. The van der Waals surface area contributed by atoms with E-state index in [4.69, 9.17) is 11.6 Å². The molecule has 0 aliphatic carbocycles. The van der Waals surface area contributed by atoms with Gasteiger partial charge < -0.3 is 15.7 Å². The Kier molecular flexibility index (Phi) is 4.72. The first-order chi connectivity index (χ1) is 8.00. The van der Waals surface area contributed by atoms with Crippen LogP contribution in [0.5, 0.6) is 0 Å². The topological polar surface area (TPSA) is 74.2 Å². The van der Waals surface area contributed by atoms with Crippen molar-refractivity contribution >= 4 is 23.3 Å². The highest BCUT2D eigenvalue weighted by Gasteiger charge is 2.23. The molecule has 2 amide bonds. The zero-order valence-electron chi connectivity index (χ0n) is 9.83. The summed E-state index contributed by atoms with van der Waals surface area (Å²) in [5, 5.41) is 14.7. The highest BCUT2D eigenvalue weighted by molar-refractivity contribution is 6.32. The van der Waals surface area contributed by atoms with Gasteiger partial charge >= 0.3 is 6.03 Å². The second-order valence-corrected chi connectivity index (χ2v) is 4.35. The van der Waals surface area contributed by atoms with Crippen molar-refractivity contribution in [2.75, 3.05) is 11.9 Å². The molecule has 0 spiro atoms. The van der Waals surface area contributed by atoms with Gasteiger partial charge in [-0.15, -0.1) is 0 Å². The first-order valence-corrected chi connectivity index (χ1v) is 5.69. The number of nitrogens with zero attached hydrogens (tertiary/aromatic N) is 1. The average Bonchev–Trinajstić information content (AvgIpc) is 2.32. The molecule has 1 aromatic rings. The Morgan fingerprint density at radius 3 is 2.88 bits per heavy atom. The molecule has 0 saturated carbocycles. The summed E-state index contributed by atoms with van der Waals surface area (Å²) in [5.41, 5.74) is -0.207. The molecule has 1 rings (SSSR count). The summed E-state index contributed by atoms with van der Waals surface area (Å²) in [5.74, 6) is 0. The van der Waals surface area contributed by atoms with E-state index in [0.717, 1.165) is 0 Å². The third-order valence-corrected chi connectivity index (χ3v) is 2.85. The highest BCUT2D eigenvalue weighted by Crippen LogP contribution is 2.17. The van der Waals surface area contributed by atoms with Crippen molar-refractivity contribution in [1.82, 2.24) is 10.3 Å². The number of urea groups is 1. The van der Waals surface area contributed by atoms with E-state index in [2.05, 4.69) is 15.6 Å². The predicted molar refractivity (Wildman–Crippen MR) is 67.2 cm³/mol. The molecule has 5 nitrogen and oxygen atoms in total. The van der Waals surface area contributed by atoms with Crippen LogP contribution in [-0.4, -0.2) is 28.3 Å². The Balaban J connectivity index is 2.65. The molecular formula is C11H16ClN3O2. The summed E-state index contributed by atoms with van der Waals surface area (Å²) in [4.78, 5) is 15.5. The SMILES string of the molecule is CC[C@](C)(CO)NC(=O)Nc1cccnc1Cl. The summed E-state index contributed by atoms with van der Waals surface area (Å²) >= 11 is 5.80. The maximum absolute atomic E-state index is 11.7. The second-order valence-electron chi connectivity index (χ2n) is 3.99. The number of carbonyl (C=O) groups excluding carboxylic acids is 1. The lowest BCUT2D eigenvalue weighted by Gasteiger charge is -2.27. The molecule has 0 aromatic carbocycles. The Morgan fingerprint density at radius 1 is 1.65 bits per heavy atom. The number of aliphatic hydroxyl groups excluding tert-OH is 1. The molecule has 17 heavy (non-hydrogen) atoms. The standard InChI is InChI=1S/C11H16ClN3O2/c1-3-11(2,7-16)15-10(17)14-8-5-4-6-13-9(8)12/h4-6,16H,3,7H2,1-2H3,(H2,14,15,17)/t11-/m1/s1. The van der Waals surface area contributed by atoms with Gasteiger partial charge in [-0.2, -0.15) is 0 Å². The van der Waals surface area contributed by atoms with E-state index in [1.807, 2.05) is 6.92 Å². The summed E-state index contributed by atoms with van der Waals surface area (Å²) in [7, 11) is 0. The number of aliphatic hydroxyl groups is 1. The highest BCUT2D eigenvalue weighted by atomic mass is 35.5. The normalized spacial score (nSPS) is 13.9. The van der Waals surface area contributed by atoms with Crippen LogP contribution in [0.15, 0.2) is 18.3 Å². The number of rotatable bonds is 4. The van der Waals surface area contributed by atoms with Gasteiger partial charge in [-0.3, -0.25) is 0 Å². The molecule has 0 unspecified atom stereocenters. The van der Waals surface area contributed by atoms with Crippen molar-refractivity contribution in [2.24, 2.45) is 0 Å². The van der Waals surface area contributed by atoms with Crippen molar-refractivity contribution in [1.29, 1.82) is 0 Å². The molecule has 0 aliphatic heterocycles. The van der Waals surface area contributed by atoms with Crippen LogP contribution in [0.1, 0.15) is 20.3 Å². The Labute approximate surface area is 105 Å². The molecule has 1 atom stereocenters. The van der Waals surface area contributed by atoms with Crippen molar-refractivity contribution in [2.45, 2.75) is 25.8 Å². The van der Waals surface area contributed by atoms with Crippen LogP contribution >= 0.6 is 11.6 Å². The van der Waals surface area contributed by atoms with E-state index >= 15 is 0 Å². The molecule has 94 valence electrons. The summed E-state index contributed by atoms with van der Waals surface area (Å²) < 4.78 is 0. The van der Waals surface area contributed by atoms with Crippen LogP contribution in [0.3, 0.4) is 0 Å². The van der Waals surface area contributed by atoms with Crippen molar-refractivity contribution in [3.05, 3.63) is 23.5 Å². The van der Waals surface area contributed by atoms with Crippen LogP contribution in [0.2, 0.25) is 5.15 Å². The molecule has 1 heterocycles. The number of halogens is 1. The van der Waals surface area contributed by atoms with Gasteiger partial charge in [0.05, 0.1) is 17.8 Å². The largest absolute Gasteiger partial charge is 0.394 e. The summed E-state index contributed by atoms with van der Waals surface area (Å²) in [6, 6.07) is 2.90. The third-order valence-electron chi connectivity index (χ3n) is 2.55. The minimum Gasteiger partial charge on any atom is -0.394 e. The number of aromatic nitrogens is 1. The monoisotopic (exact) mass is 257 g/mol. The maximum Gasteiger partial charge on any atom is 0.319 e. The smallest absolute Gasteiger partial charge is 0.319 e. The van der Waals surface area contributed by atoms with Crippen LogP contribution in [0, 0.1) is 0 Å². The Morgan fingerprint density at radius 2 is 2.35 bits per heavy atom. The van der Waals surface area contributed by atoms with E-state index in [0.29, 0.717) is 12.1 Å². The van der Waals surface area contributed by atoms with Gasteiger partial charge in [-0.05, 0) is 25.5 Å². The zero-order valence-corrected chi connectivity index (χ0v) is 10.6. The first kappa shape index (κ1) is 13.7. The van der Waals surface area contributed by atoms with Gasteiger partial charge in [0.2, 0.25) is 0 Å². The quantitative estimate of drug-likeness (QED) is 0.723. The van der Waals surface area contributed by atoms with E-state index < -0.39 is 11.6 Å². The van der Waals surface area contributed by atoms with Gasteiger partial charge in [0.15, 0.2) is 5.15 Å². The number of anilines is 1. The number of nitrogens with one attached hydrogen (secondary N) is 2. The Hall–Kier alpha value is -1.33. The predicted octanol–water partition coefficient (Wildman–Crippen LogP) is 2.02. The van der Waals surface area contributed by atoms with E-state index in [1.54, 1.807) is 19.1 Å². The molecular weight excluding hydrogens is 242 g/mol. The number of hydrogen-bond donors (Lipinski definition) is 3. The molecule has 0 bridgehead atoms. The van der Waals surface area contributed by atoms with Crippen molar-refractivity contribution in [3.8, 4) is 0 Å². The van der Waals surface area contributed by atoms with Gasteiger partial charge in [0.1, 0.15) is 0 Å². The Bertz CT molecular complexity index is 394. The molecule has 0 fully saturated rings. The fourth-order valence-corrected chi connectivity index (χ4v) is 1.31. The molecule has 0 saturated heterocycles. The van der Waals surface area contributed by atoms with Crippen molar-refractivity contribution < 1.29 is 9.90 Å². The van der Waals surface area contributed by atoms with Gasteiger partial charge in [-0.25, -0.2) is 9.78 Å². The fraction of sp³-hybridized carbons (Fsp3) is 0.455. The third kappa shape index (κ3) is 3.87. The minimum atomic E-state index is -0.640. The van der Waals surface area contributed by atoms with Crippen LogP contribution in [-0.2, 0) is 0 Å². The first-order valence-electron chi connectivity index (χ1n) is 5.31. The number of pyridine rings is 1. The molecule has 0 radical (unpaired) electrons. The van der Waals surface area contributed by atoms with Crippen LogP contribution < -0.4 is 10.6 Å². The van der Waals surface area contributed by atoms with Gasteiger partial charge in [0.25, 0.3) is 0 Å². The molecule has 3 N–H and O–H groups in total. The summed E-state index contributed by atoms with van der Waals surface area (Å²) in [6.45, 7) is 3.52. The lowest BCUT2D eigenvalue weighted by atomic mass is 10.0. The van der Waals surface area contributed by atoms with Gasteiger partial charge in [-0.1, -0.05) is 18.5 Å². The number of hydrogen-bond acceptors (Lipinski definition) is 3. The minimum absolute atomic E-state index is 0.127. The second kappa shape index (κ2) is 5.84. The molecule has 1 aromatic heterocycles. The molecule has 0 aliphatic rings. The van der Waals surface area contributed by atoms with Crippen molar-refractivity contribution in [3.63, 3.8) is 0 Å². The fourth-order valence-electron chi connectivity index (χ4n) is 1.15. The van der Waals surface area contributed by atoms with E-state index in [-0.39, 0.29) is 11.8 Å². The maximum atomic E-state index is 11.7. The average molecular weight is 258 g/mol. The van der Waals surface area contributed by atoms with E-state index in [1.165, 1.54) is 6.20 Å². The summed E-state index contributed by atoms with van der Waals surface area (Å²) in [6.07, 6.45) is 2.16. The van der Waals surface area contributed by atoms with Gasteiger partial charge in [0, 0.05) is 6.20 Å². The number of amides is 2. The molecule has 6 heteroatoms. The van der Waals surface area contributed by atoms with E-state index in [9.17, 15) is 9.90 Å². The lowest BCUT2D eigenvalue weighted by Crippen LogP contribution is -2.50. The van der Waals surface area contributed by atoms with Crippen LogP contribution in [0.4, 0.5) is 10.5 Å². The lowest BCUT2D eigenvalue weighted by molar-refractivity contribution is 0.172.